The van der Waals surface area contributed by atoms with Crippen LogP contribution in [0.25, 0.3) is 22.3 Å². The first-order chi connectivity index (χ1) is 14.0. The van der Waals surface area contributed by atoms with Gasteiger partial charge in [-0.1, -0.05) is 24.3 Å². The number of benzene rings is 3. The first kappa shape index (κ1) is 18.4. The Morgan fingerprint density at radius 3 is 2.55 bits per heavy atom. The Morgan fingerprint density at radius 2 is 1.79 bits per heavy atom. The molecule has 1 aromatic heterocycles. The highest BCUT2D eigenvalue weighted by Gasteiger charge is 2.11. The van der Waals surface area contributed by atoms with Gasteiger partial charge in [0.1, 0.15) is 11.6 Å². The minimum atomic E-state index is 0.170. The van der Waals surface area contributed by atoms with E-state index in [2.05, 4.69) is 10.3 Å². The first-order valence-corrected chi connectivity index (χ1v) is 9.20. The molecule has 0 atom stereocenters. The molecule has 0 aliphatic heterocycles. The summed E-state index contributed by atoms with van der Waals surface area (Å²) in [6, 6.07) is 20.6. The van der Waals surface area contributed by atoms with Gasteiger partial charge in [0.25, 0.3) is 0 Å². The van der Waals surface area contributed by atoms with Crippen molar-refractivity contribution in [3.63, 3.8) is 0 Å². The predicted octanol–water partition coefficient (Wildman–Crippen LogP) is 4.81. The van der Waals surface area contributed by atoms with Crippen LogP contribution in [0.2, 0.25) is 0 Å². The summed E-state index contributed by atoms with van der Waals surface area (Å²) in [5, 5.41) is 21.8. The lowest BCUT2D eigenvalue weighted by molar-refractivity contribution is 0.475. The average Bonchev–Trinajstić information content (AvgIpc) is 2.73. The number of fused-ring (bicyclic) bond motifs is 1. The van der Waals surface area contributed by atoms with Crippen LogP contribution in [0.5, 0.6) is 5.75 Å². The number of nitrogens with one attached hydrogen (secondary N) is 2. The van der Waals surface area contributed by atoms with E-state index in [1.165, 1.54) is 6.21 Å². The number of aromatic nitrogens is 2. The van der Waals surface area contributed by atoms with Crippen LogP contribution in [0.1, 0.15) is 5.56 Å². The maximum Gasteiger partial charge on any atom is 0.162 e. The number of phenolic OH excluding ortho intramolecular Hbond substituents is 1. The second kappa shape index (κ2) is 7.59. The third-order valence-electron chi connectivity index (χ3n) is 4.64. The Labute approximate surface area is 169 Å². The fraction of sp³-hybridized carbons (Fsp3) is 0.0870. The van der Waals surface area contributed by atoms with Gasteiger partial charge in [-0.05, 0) is 42.5 Å². The summed E-state index contributed by atoms with van der Waals surface area (Å²) in [7, 11) is 3.91. The normalized spacial score (nSPS) is 10.7. The lowest BCUT2D eigenvalue weighted by atomic mass is 10.1. The summed E-state index contributed by atoms with van der Waals surface area (Å²) in [5.41, 5.74) is 4.16. The van der Waals surface area contributed by atoms with Crippen molar-refractivity contribution in [3.8, 4) is 17.1 Å². The van der Waals surface area contributed by atoms with Crippen molar-refractivity contribution < 1.29 is 5.11 Å². The molecule has 1 heterocycles. The maximum absolute atomic E-state index is 9.82. The Bertz CT molecular complexity index is 1200. The van der Waals surface area contributed by atoms with Gasteiger partial charge in [-0.15, -0.1) is 0 Å². The molecule has 0 spiro atoms. The molecular formula is C23H21N5O. The SMILES string of the molecule is CN(C)c1ccc(Nc2nc(-c3cccc(O)c3)nc3ccccc23)cc1C=N. The van der Waals surface area contributed by atoms with Crippen LogP contribution in [-0.4, -0.2) is 35.4 Å². The van der Waals surface area contributed by atoms with Crippen molar-refractivity contribution in [2.45, 2.75) is 0 Å². The number of rotatable bonds is 5. The minimum absolute atomic E-state index is 0.170. The van der Waals surface area contributed by atoms with Gasteiger partial charge in [0.05, 0.1) is 5.52 Å². The molecule has 3 N–H and O–H groups in total. The molecule has 0 unspecified atom stereocenters. The van der Waals surface area contributed by atoms with E-state index in [1.54, 1.807) is 18.2 Å². The molecule has 0 amide bonds. The third kappa shape index (κ3) is 3.73. The van der Waals surface area contributed by atoms with Crippen LogP contribution in [0.3, 0.4) is 0 Å². The van der Waals surface area contributed by atoms with E-state index >= 15 is 0 Å². The molecule has 6 heteroatoms. The molecule has 0 aliphatic carbocycles. The Morgan fingerprint density at radius 1 is 0.966 bits per heavy atom. The van der Waals surface area contributed by atoms with E-state index in [0.717, 1.165) is 33.4 Å². The second-order valence-electron chi connectivity index (χ2n) is 6.90. The molecule has 144 valence electrons. The lowest BCUT2D eigenvalue weighted by Gasteiger charge is -2.17. The number of hydrogen-bond acceptors (Lipinski definition) is 6. The zero-order valence-corrected chi connectivity index (χ0v) is 16.2. The molecule has 3 aromatic carbocycles. The Hall–Kier alpha value is -3.93. The van der Waals surface area contributed by atoms with E-state index in [4.69, 9.17) is 10.4 Å². The van der Waals surface area contributed by atoms with Crippen molar-refractivity contribution >= 4 is 34.3 Å². The van der Waals surface area contributed by atoms with E-state index in [0.29, 0.717) is 11.6 Å². The van der Waals surface area contributed by atoms with Crippen molar-refractivity contribution in [1.29, 1.82) is 5.41 Å². The van der Waals surface area contributed by atoms with E-state index in [9.17, 15) is 5.11 Å². The zero-order chi connectivity index (χ0) is 20.4. The predicted molar refractivity (Wildman–Crippen MR) is 119 cm³/mol. The molecule has 0 radical (unpaired) electrons. The van der Waals surface area contributed by atoms with Gasteiger partial charge >= 0.3 is 0 Å². The van der Waals surface area contributed by atoms with Crippen LogP contribution in [0.15, 0.2) is 66.7 Å². The smallest absolute Gasteiger partial charge is 0.162 e. The number of hydrogen-bond donors (Lipinski definition) is 3. The number of para-hydroxylation sites is 1. The summed E-state index contributed by atoms with van der Waals surface area (Å²) in [6.45, 7) is 0. The molecule has 0 aliphatic rings. The fourth-order valence-electron chi connectivity index (χ4n) is 3.24. The van der Waals surface area contributed by atoms with Crippen molar-refractivity contribution in [2.24, 2.45) is 0 Å². The highest BCUT2D eigenvalue weighted by molar-refractivity contribution is 5.93. The van der Waals surface area contributed by atoms with Gasteiger partial charge in [0.15, 0.2) is 5.82 Å². The van der Waals surface area contributed by atoms with Gasteiger partial charge in [0.2, 0.25) is 0 Å². The van der Waals surface area contributed by atoms with Crippen molar-refractivity contribution in [2.75, 3.05) is 24.3 Å². The van der Waals surface area contributed by atoms with E-state index < -0.39 is 0 Å². The van der Waals surface area contributed by atoms with Gasteiger partial charge in [-0.2, -0.15) is 0 Å². The lowest BCUT2D eigenvalue weighted by Crippen LogP contribution is -2.11. The summed E-state index contributed by atoms with van der Waals surface area (Å²) in [4.78, 5) is 11.4. The Kier molecular flexibility index (Phi) is 4.83. The third-order valence-corrected chi connectivity index (χ3v) is 4.64. The average molecular weight is 383 g/mol. The highest BCUT2D eigenvalue weighted by atomic mass is 16.3. The second-order valence-corrected chi connectivity index (χ2v) is 6.90. The summed E-state index contributed by atoms with van der Waals surface area (Å²) < 4.78 is 0. The van der Waals surface area contributed by atoms with Gasteiger partial charge in [-0.25, -0.2) is 9.97 Å². The number of anilines is 3. The number of aromatic hydroxyl groups is 1. The standard InChI is InChI=1S/C23H21N5O/c1-28(2)21-11-10-17(12-16(21)14-24)25-23-19-8-3-4-9-20(19)26-22(27-23)15-6-5-7-18(29)13-15/h3-14,24,29H,1-2H3,(H,25,26,27). The summed E-state index contributed by atoms with van der Waals surface area (Å²) >= 11 is 0. The van der Waals surface area contributed by atoms with Crippen LogP contribution in [0.4, 0.5) is 17.2 Å². The minimum Gasteiger partial charge on any atom is -0.508 e. The zero-order valence-electron chi connectivity index (χ0n) is 16.2. The molecule has 0 saturated carbocycles. The van der Waals surface area contributed by atoms with Gasteiger partial charge in [-0.3, -0.25) is 0 Å². The van der Waals surface area contributed by atoms with E-state index in [-0.39, 0.29) is 5.75 Å². The summed E-state index contributed by atoms with van der Waals surface area (Å²) in [6.07, 6.45) is 1.34. The van der Waals surface area contributed by atoms with Crippen LogP contribution >= 0.6 is 0 Å². The molecule has 0 saturated heterocycles. The quantitative estimate of drug-likeness (QED) is 0.431. The maximum atomic E-state index is 9.82. The monoisotopic (exact) mass is 383 g/mol. The van der Waals surface area contributed by atoms with Crippen LogP contribution in [0, 0.1) is 5.41 Å². The topological polar surface area (TPSA) is 85.1 Å². The fourth-order valence-corrected chi connectivity index (χ4v) is 3.24. The molecule has 0 bridgehead atoms. The molecule has 4 rings (SSSR count). The molecule has 4 aromatic rings. The van der Waals surface area contributed by atoms with Crippen LogP contribution < -0.4 is 10.2 Å². The van der Waals surface area contributed by atoms with Crippen molar-refractivity contribution in [1.82, 2.24) is 9.97 Å². The molecule has 29 heavy (non-hydrogen) atoms. The first-order valence-electron chi connectivity index (χ1n) is 9.20. The van der Waals surface area contributed by atoms with Gasteiger partial charge < -0.3 is 20.7 Å². The highest BCUT2D eigenvalue weighted by Crippen LogP contribution is 2.30. The number of phenols is 1. The molecular weight excluding hydrogens is 362 g/mol. The Balaban J connectivity index is 1.82. The van der Waals surface area contributed by atoms with Crippen molar-refractivity contribution in [3.05, 3.63) is 72.3 Å². The van der Waals surface area contributed by atoms with E-state index in [1.807, 2.05) is 67.5 Å². The largest absolute Gasteiger partial charge is 0.508 e. The van der Waals surface area contributed by atoms with Crippen LogP contribution in [-0.2, 0) is 0 Å². The summed E-state index contributed by atoms with van der Waals surface area (Å²) in [5.74, 6) is 1.37. The van der Waals surface area contributed by atoms with Gasteiger partial charge in [0, 0.05) is 48.2 Å². The molecule has 0 fully saturated rings. The molecule has 6 nitrogen and oxygen atoms in total. The number of nitrogens with zero attached hydrogens (tertiary/aromatic N) is 3.